The molecule has 3 aromatic carbocycles. The molecule has 0 fully saturated rings. The van der Waals surface area contributed by atoms with Crippen LogP contribution >= 0.6 is 0 Å². The van der Waals surface area contributed by atoms with E-state index in [1.54, 1.807) is 24.3 Å². The van der Waals surface area contributed by atoms with Gasteiger partial charge in [-0.2, -0.15) is 0 Å². The van der Waals surface area contributed by atoms with E-state index in [0.717, 1.165) is 24.2 Å². The van der Waals surface area contributed by atoms with Crippen molar-refractivity contribution in [1.29, 1.82) is 0 Å². The van der Waals surface area contributed by atoms with Gasteiger partial charge < -0.3 is 36.2 Å². The van der Waals surface area contributed by atoms with E-state index >= 15 is 0 Å². The van der Waals surface area contributed by atoms with Crippen LogP contribution in [0.3, 0.4) is 0 Å². The number of rotatable bonds is 9. The lowest BCUT2D eigenvalue weighted by Crippen LogP contribution is -2.21. The van der Waals surface area contributed by atoms with Gasteiger partial charge in [-0.05, 0) is 81.8 Å². The molecule has 0 saturated heterocycles. The van der Waals surface area contributed by atoms with Gasteiger partial charge in [0, 0.05) is 35.8 Å². The second-order valence-electron chi connectivity index (χ2n) is 9.13. The Morgan fingerprint density at radius 3 is 1.27 bits per heavy atom. The van der Waals surface area contributed by atoms with E-state index < -0.39 is 18.0 Å². The van der Waals surface area contributed by atoms with E-state index in [4.69, 9.17) is 0 Å². The minimum absolute atomic E-state index is 0.0887. The molecule has 3 rings (SSSR count). The molecule has 0 aliphatic carbocycles. The Morgan fingerprint density at radius 1 is 0.595 bits per heavy atom. The van der Waals surface area contributed by atoms with Crippen molar-refractivity contribution >= 4 is 40.8 Å². The third kappa shape index (κ3) is 8.95. The number of carbonyl (C=O) groups excluding carboxylic acids is 2. The molecule has 3 aromatic rings. The number of nitrogens with one attached hydrogen (secondary N) is 4. The minimum atomic E-state index is -1.19. The number of benzene rings is 3. The fourth-order valence-electron chi connectivity index (χ4n) is 3.60. The molecule has 0 atom stereocenters. The van der Waals surface area contributed by atoms with Gasteiger partial charge in [0.1, 0.15) is 0 Å². The smallest absolute Gasteiger partial charge is 0.335 e. The second-order valence-corrected chi connectivity index (χ2v) is 9.13. The number of urea groups is 2. The monoisotopic (exact) mass is 504 g/mol. The summed E-state index contributed by atoms with van der Waals surface area (Å²) in [4.78, 5) is 40.7. The van der Waals surface area contributed by atoms with Crippen LogP contribution in [0.15, 0.2) is 66.7 Å². The lowest BCUT2D eigenvalue weighted by molar-refractivity contribution is 0.0697. The molecule has 0 spiro atoms. The van der Waals surface area contributed by atoms with Crippen molar-refractivity contribution in [2.75, 3.05) is 49.5 Å². The number of hydrogen-bond donors (Lipinski definition) is 5. The van der Waals surface area contributed by atoms with Crippen LogP contribution in [0.5, 0.6) is 0 Å². The Kier molecular flexibility index (Phi) is 9.20. The van der Waals surface area contributed by atoms with Gasteiger partial charge in [0.2, 0.25) is 0 Å². The first-order chi connectivity index (χ1) is 17.6. The highest BCUT2D eigenvalue weighted by Gasteiger charge is 2.12. The maximum atomic E-state index is 12.5. The molecule has 37 heavy (non-hydrogen) atoms. The van der Waals surface area contributed by atoms with Gasteiger partial charge in [0.25, 0.3) is 0 Å². The highest BCUT2D eigenvalue weighted by molar-refractivity contribution is 6.03. The molecule has 0 aliphatic rings. The fraction of sp³-hybridized carbons (Fsp3) is 0.222. The quantitative estimate of drug-likeness (QED) is 0.285. The average molecular weight is 505 g/mol. The zero-order valence-electron chi connectivity index (χ0n) is 21.3. The Bertz CT molecular complexity index is 1150. The van der Waals surface area contributed by atoms with Crippen LogP contribution in [0.1, 0.15) is 21.5 Å². The lowest BCUT2D eigenvalue weighted by Gasteiger charge is -2.13. The molecule has 0 aromatic heterocycles. The van der Waals surface area contributed by atoms with Crippen LogP contribution < -0.4 is 21.3 Å². The number of hydrogen-bond acceptors (Lipinski definition) is 5. The molecule has 10 nitrogen and oxygen atoms in total. The van der Waals surface area contributed by atoms with Crippen molar-refractivity contribution < 1.29 is 19.5 Å². The van der Waals surface area contributed by atoms with Crippen LogP contribution in [0.2, 0.25) is 0 Å². The van der Waals surface area contributed by atoms with Gasteiger partial charge in [-0.15, -0.1) is 0 Å². The highest BCUT2D eigenvalue weighted by atomic mass is 16.4. The highest BCUT2D eigenvalue weighted by Crippen LogP contribution is 2.21. The number of nitrogens with zero attached hydrogens (tertiary/aromatic N) is 2. The molecule has 0 aliphatic heterocycles. The summed E-state index contributed by atoms with van der Waals surface area (Å²) in [5, 5.41) is 20.2. The summed E-state index contributed by atoms with van der Waals surface area (Å²) in [6, 6.07) is 17.8. The molecule has 4 amide bonds. The molecule has 5 N–H and O–H groups in total. The maximum Gasteiger partial charge on any atom is 0.335 e. The number of carboxylic acids is 1. The molecule has 194 valence electrons. The SMILES string of the molecule is CN(C)Cc1ccc(NC(=O)Nc2cc(NC(=O)Nc3ccc(CN(C)C)cc3)cc(C(=O)O)c2)cc1. The Labute approximate surface area is 216 Å². The average Bonchev–Trinajstić information content (AvgIpc) is 2.80. The van der Waals surface area contributed by atoms with E-state index in [-0.39, 0.29) is 16.9 Å². The first-order valence-corrected chi connectivity index (χ1v) is 11.6. The summed E-state index contributed by atoms with van der Waals surface area (Å²) >= 11 is 0. The third-order valence-corrected chi connectivity index (χ3v) is 5.12. The predicted octanol–water partition coefficient (Wildman–Crippen LogP) is 4.80. The molecule has 0 radical (unpaired) electrons. The van der Waals surface area contributed by atoms with Crippen molar-refractivity contribution in [1.82, 2.24) is 9.80 Å². The summed E-state index contributed by atoms with van der Waals surface area (Å²) < 4.78 is 0. The lowest BCUT2D eigenvalue weighted by atomic mass is 10.1. The topological polar surface area (TPSA) is 126 Å². The predicted molar refractivity (Wildman–Crippen MR) is 146 cm³/mol. The summed E-state index contributed by atoms with van der Waals surface area (Å²) in [6.45, 7) is 1.55. The van der Waals surface area contributed by atoms with Crippen LogP contribution in [0.4, 0.5) is 32.3 Å². The largest absolute Gasteiger partial charge is 0.478 e. The Hall–Kier alpha value is -4.41. The summed E-state index contributed by atoms with van der Waals surface area (Å²) in [5.41, 5.74) is 3.71. The van der Waals surface area contributed by atoms with E-state index in [0.29, 0.717) is 11.4 Å². The first-order valence-electron chi connectivity index (χ1n) is 11.6. The molecule has 0 bridgehead atoms. The van der Waals surface area contributed by atoms with Crippen molar-refractivity contribution in [3.05, 3.63) is 83.4 Å². The summed E-state index contributed by atoms with van der Waals surface area (Å²) in [7, 11) is 7.89. The standard InChI is InChI=1S/C27H32N6O4/c1-32(2)16-18-5-9-21(10-6-18)28-26(36)30-23-13-20(25(34)35)14-24(15-23)31-27(37)29-22-11-7-19(8-12-22)17-33(3)4/h5-15H,16-17H2,1-4H3,(H,34,35)(H2,28,30,36)(H2,29,31,37). The van der Waals surface area contributed by atoms with Gasteiger partial charge in [0.05, 0.1) is 5.56 Å². The van der Waals surface area contributed by atoms with Gasteiger partial charge in [-0.3, -0.25) is 0 Å². The van der Waals surface area contributed by atoms with Gasteiger partial charge >= 0.3 is 18.0 Å². The van der Waals surface area contributed by atoms with Crippen molar-refractivity contribution in [3.63, 3.8) is 0 Å². The first kappa shape index (κ1) is 27.2. The van der Waals surface area contributed by atoms with Crippen LogP contribution in [0, 0.1) is 0 Å². The van der Waals surface area contributed by atoms with Crippen molar-refractivity contribution in [2.24, 2.45) is 0 Å². The zero-order chi connectivity index (χ0) is 26.9. The summed E-state index contributed by atoms with van der Waals surface area (Å²) in [6.07, 6.45) is 0. The van der Waals surface area contributed by atoms with E-state index in [1.165, 1.54) is 18.2 Å². The molecular weight excluding hydrogens is 472 g/mol. The third-order valence-electron chi connectivity index (χ3n) is 5.12. The van der Waals surface area contributed by atoms with E-state index in [2.05, 4.69) is 21.3 Å². The number of aromatic carboxylic acids is 1. The fourth-order valence-corrected chi connectivity index (χ4v) is 3.60. The van der Waals surface area contributed by atoms with Gasteiger partial charge in [-0.25, -0.2) is 14.4 Å². The second kappa shape index (κ2) is 12.5. The van der Waals surface area contributed by atoms with E-state index in [9.17, 15) is 19.5 Å². The van der Waals surface area contributed by atoms with Gasteiger partial charge in [0.15, 0.2) is 0 Å². The minimum Gasteiger partial charge on any atom is -0.478 e. The number of carbonyl (C=O) groups is 3. The Morgan fingerprint density at radius 2 is 0.946 bits per heavy atom. The van der Waals surface area contributed by atoms with Crippen LogP contribution in [0.25, 0.3) is 0 Å². The van der Waals surface area contributed by atoms with Crippen molar-refractivity contribution in [2.45, 2.75) is 13.1 Å². The molecule has 0 unspecified atom stereocenters. The van der Waals surface area contributed by atoms with Crippen LogP contribution in [-0.4, -0.2) is 61.1 Å². The summed E-state index contributed by atoms with van der Waals surface area (Å²) in [5.74, 6) is -1.19. The number of anilines is 4. The Balaban J connectivity index is 1.65. The zero-order valence-corrected chi connectivity index (χ0v) is 21.3. The normalized spacial score (nSPS) is 10.8. The maximum absolute atomic E-state index is 12.5. The van der Waals surface area contributed by atoms with Gasteiger partial charge in [-0.1, -0.05) is 24.3 Å². The molecule has 0 saturated carbocycles. The van der Waals surface area contributed by atoms with Crippen LogP contribution in [-0.2, 0) is 13.1 Å². The number of carboxylic acid groups (broad SMARTS) is 1. The molecule has 0 heterocycles. The molecule has 10 heteroatoms. The van der Waals surface area contributed by atoms with Crippen molar-refractivity contribution in [3.8, 4) is 0 Å². The molecular formula is C27H32N6O4. The number of amides is 4. The van der Waals surface area contributed by atoms with E-state index in [1.807, 2.05) is 62.3 Å².